The van der Waals surface area contributed by atoms with Gasteiger partial charge in [0.25, 0.3) is 0 Å². The van der Waals surface area contributed by atoms with Gasteiger partial charge in [0.15, 0.2) is 11.6 Å². The van der Waals surface area contributed by atoms with E-state index in [0.717, 1.165) is 24.3 Å². The fourth-order valence-corrected chi connectivity index (χ4v) is 3.39. The average molecular weight is 493 g/mol. The van der Waals surface area contributed by atoms with Crippen LogP contribution in [0.3, 0.4) is 0 Å². The summed E-state index contributed by atoms with van der Waals surface area (Å²) in [5.41, 5.74) is -0.748. The number of carbonyl (C=O) groups is 1. The molecule has 10 heteroatoms. The van der Waals surface area contributed by atoms with E-state index < -0.39 is 17.5 Å². The van der Waals surface area contributed by atoms with Crippen LogP contribution < -0.4 is 4.74 Å². The monoisotopic (exact) mass is 492 g/mol. The van der Waals surface area contributed by atoms with E-state index in [1.54, 1.807) is 25.1 Å². The van der Waals surface area contributed by atoms with Gasteiger partial charge in [-0.1, -0.05) is 48.0 Å². The van der Waals surface area contributed by atoms with E-state index in [1.165, 1.54) is 7.11 Å². The number of alkyl halides is 3. The minimum Gasteiger partial charge on any atom is -0.467 e. The molecule has 3 aromatic rings. The maximum Gasteiger partial charge on any atom is 0.402 e. The Hall–Kier alpha value is -3.20. The van der Waals surface area contributed by atoms with Crippen LogP contribution in [0, 0.1) is 5.41 Å². The van der Waals surface area contributed by atoms with Crippen molar-refractivity contribution in [1.29, 1.82) is 0 Å². The maximum absolute atomic E-state index is 13.4. The van der Waals surface area contributed by atoms with Crippen molar-refractivity contribution in [3.63, 3.8) is 0 Å². The molecule has 0 atom stereocenters. The molecule has 0 fully saturated rings. The van der Waals surface area contributed by atoms with Crippen LogP contribution in [0.4, 0.5) is 13.2 Å². The second kappa shape index (κ2) is 9.97. The highest BCUT2D eigenvalue weighted by molar-refractivity contribution is 6.33. The number of nitrogens with zero attached hydrogens (tertiary/aromatic N) is 4. The molecule has 180 valence electrons. The van der Waals surface area contributed by atoms with Crippen LogP contribution in [0.15, 0.2) is 48.5 Å². The van der Waals surface area contributed by atoms with E-state index in [4.69, 9.17) is 16.3 Å². The maximum atomic E-state index is 13.4. The zero-order valence-electron chi connectivity index (χ0n) is 19.2. The average Bonchev–Trinajstić information content (AvgIpc) is 2.82. The molecule has 0 saturated carbocycles. The van der Waals surface area contributed by atoms with E-state index in [2.05, 4.69) is 15.0 Å². The molecule has 0 aliphatic carbocycles. The van der Waals surface area contributed by atoms with Gasteiger partial charge in [-0.2, -0.15) is 23.1 Å². The number of hydrogen-bond acceptors (Lipinski definition) is 5. The number of methoxy groups -OCH3 is 1. The molecule has 0 radical (unpaired) electrons. The van der Waals surface area contributed by atoms with E-state index in [9.17, 15) is 18.0 Å². The van der Waals surface area contributed by atoms with E-state index in [-0.39, 0.29) is 24.9 Å². The number of carbonyl (C=O) groups excluding carboxylic acids is 1. The molecular formula is C24H24ClF3N4O2. The number of rotatable bonds is 7. The number of aromatic nitrogens is 3. The number of ether oxygens (including phenoxy) is 1. The van der Waals surface area contributed by atoms with Crippen molar-refractivity contribution in [2.24, 2.45) is 5.41 Å². The van der Waals surface area contributed by atoms with Gasteiger partial charge >= 0.3 is 12.2 Å². The lowest BCUT2D eigenvalue weighted by Crippen LogP contribution is -2.48. The second-order valence-electron chi connectivity index (χ2n) is 8.09. The Morgan fingerprint density at radius 3 is 2.26 bits per heavy atom. The first kappa shape index (κ1) is 25.4. The van der Waals surface area contributed by atoms with Gasteiger partial charge in [0.2, 0.25) is 5.91 Å². The molecule has 0 bridgehead atoms. The Labute approximate surface area is 200 Å². The van der Waals surface area contributed by atoms with E-state index in [1.807, 2.05) is 30.3 Å². The van der Waals surface area contributed by atoms with Gasteiger partial charge in [0.1, 0.15) is 5.41 Å². The van der Waals surface area contributed by atoms with Crippen LogP contribution in [0.25, 0.3) is 22.8 Å². The predicted octanol–water partition coefficient (Wildman–Crippen LogP) is 5.80. The molecule has 1 heterocycles. The highest BCUT2D eigenvalue weighted by Crippen LogP contribution is 2.39. The van der Waals surface area contributed by atoms with E-state index >= 15 is 0 Å². The first-order valence-electron chi connectivity index (χ1n) is 10.5. The number of hydrogen-bond donors (Lipinski definition) is 0. The van der Waals surface area contributed by atoms with Gasteiger partial charge in [-0.3, -0.25) is 4.79 Å². The summed E-state index contributed by atoms with van der Waals surface area (Å²) in [4.78, 5) is 26.9. The number of halogens is 4. The summed E-state index contributed by atoms with van der Waals surface area (Å²) in [5, 5.41) is 0.334. The molecule has 1 amide bonds. The fraction of sp³-hybridized carbons (Fsp3) is 0.333. The summed E-state index contributed by atoms with van der Waals surface area (Å²) in [5.74, 6) is -0.393. The largest absolute Gasteiger partial charge is 0.467 e. The summed E-state index contributed by atoms with van der Waals surface area (Å²) in [6.07, 6.45) is -4.67. The van der Waals surface area contributed by atoms with Crippen LogP contribution >= 0.6 is 11.6 Å². The molecule has 0 saturated heterocycles. The topological polar surface area (TPSA) is 68.2 Å². The molecule has 0 aliphatic heterocycles. The molecule has 3 rings (SSSR count). The number of amides is 1. The molecule has 34 heavy (non-hydrogen) atoms. The lowest BCUT2D eigenvalue weighted by atomic mass is 9.90. The summed E-state index contributed by atoms with van der Waals surface area (Å²) >= 11 is 6.42. The Morgan fingerprint density at radius 2 is 1.68 bits per heavy atom. The Bertz CT molecular complexity index is 1170. The van der Waals surface area contributed by atoms with Crippen molar-refractivity contribution in [3.8, 4) is 28.8 Å². The first-order chi connectivity index (χ1) is 16.0. The summed E-state index contributed by atoms with van der Waals surface area (Å²) in [7, 11) is 1.43. The third kappa shape index (κ3) is 5.30. The molecule has 0 aliphatic rings. The van der Waals surface area contributed by atoms with Crippen LogP contribution in [0.5, 0.6) is 6.01 Å². The van der Waals surface area contributed by atoms with Crippen molar-refractivity contribution in [1.82, 2.24) is 19.9 Å². The van der Waals surface area contributed by atoms with Gasteiger partial charge in [-0.05, 0) is 38.5 Å². The Kier molecular flexibility index (Phi) is 7.45. The van der Waals surface area contributed by atoms with E-state index in [0.29, 0.717) is 22.0 Å². The highest BCUT2D eigenvalue weighted by Gasteiger charge is 2.54. The van der Waals surface area contributed by atoms with Crippen LogP contribution in [0.2, 0.25) is 5.02 Å². The van der Waals surface area contributed by atoms with Crippen molar-refractivity contribution < 1.29 is 22.7 Å². The van der Waals surface area contributed by atoms with Crippen molar-refractivity contribution in [2.75, 3.05) is 13.7 Å². The summed E-state index contributed by atoms with van der Waals surface area (Å²) in [6, 6.07) is 14.2. The molecular weight excluding hydrogens is 469 g/mol. The molecule has 0 N–H and O–H groups in total. The zero-order valence-corrected chi connectivity index (χ0v) is 19.9. The van der Waals surface area contributed by atoms with Crippen molar-refractivity contribution in [3.05, 3.63) is 59.1 Å². The van der Waals surface area contributed by atoms with Gasteiger partial charge in [-0.25, -0.2) is 4.98 Å². The third-order valence-electron chi connectivity index (χ3n) is 5.39. The minimum atomic E-state index is -4.67. The van der Waals surface area contributed by atoms with Gasteiger partial charge in [0.05, 0.1) is 12.1 Å². The Balaban J connectivity index is 1.99. The lowest BCUT2D eigenvalue weighted by molar-refractivity contribution is -0.217. The predicted molar refractivity (Wildman–Crippen MR) is 123 cm³/mol. The quantitative estimate of drug-likeness (QED) is 0.416. The third-order valence-corrected chi connectivity index (χ3v) is 5.72. The van der Waals surface area contributed by atoms with Crippen LogP contribution in [0.1, 0.15) is 26.3 Å². The SMILES string of the molecule is CCN(Cc1ccc(Cl)c(-c2nc(OC)nc(-c3ccccc3)n2)c1)C(=O)C(C)(C)C(F)(F)F. The second-order valence-corrected chi connectivity index (χ2v) is 8.50. The molecule has 6 nitrogen and oxygen atoms in total. The standard InChI is InChI=1S/C24H24ClF3N4O2/c1-5-32(21(33)23(2,3)24(26,27)28)14-15-11-12-18(25)17(13-15)20-29-19(30-22(31-20)34-4)16-9-7-6-8-10-16/h6-13H,5,14H2,1-4H3. The van der Waals surface area contributed by atoms with Gasteiger partial charge in [0, 0.05) is 24.2 Å². The van der Waals surface area contributed by atoms with Crippen molar-refractivity contribution >= 4 is 17.5 Å². The van der Waals surface area contributed by atoms with Gasteiger partial charge < -0.3 is 9.64 Å². The first-order valence-corrected chi connectivity index (χ1v) is 10.9. The van der Waals surface area contributed by atoms with Crippen molar-refractivity contribution in [2.45, 2.75) is 33.5 Å². The minimum absolute atomic E-state index is 0.0349. The smallest absolute Gasteiger partial charge is 0.402 e. The van der Waals surface area contributed by atoms with Crippen LogP contribution in [-0.2, 0) is 11.3 Å². The molecule has 0 spiro atoms. The van der Waals surface area contributed by atoms with Gasteiger partial charge in [-0.15, -0.1) is 0 Å². The highest BCUT2D eigenvalue weighted by atomic mass is 35.5. The normalized spacial score (nSPS) is 11.9. The number of benzene rings is 2. The summed E-state index contributed by atoms with van der Waals surface area (Å²) < 4.78 is 45.4. The summed E-state index contributed by atoms with van der Waals surface area (Å²) in [6.45, 7) is 3.46. The zero-order chi connectivity index (χ0) is 25.1. The molecule has 1 aromatic heterocycles. The lowest BCUT2D eigenvalue weighted by Gasteiger charge is -2.32. The molecule has 2 aromatic carbocycles. The molecule has 0 unspecified atom stereocenters. The Morgan fingerprint density at radius 1 is 1.03 bits per heavy atom. The van der Waals surface area contributed by atoms with Crippen LogP contribution in [-0.4, -0.2) is 45.6 Å². The fourth-order valence-electron chi connectivity index (χ4n) is 3.19.